The molecular formula is C66H48N2. The Morgan fingerprint density at radius 2 is 1.01 bits per heavy atom. The second kappa shape index (κ2) is 16.2. The number of benzene rings is 10. The van der Waals surface area contributed by atoms with E-state index in [0.717, 1.165) is 23.5 Å². The summed E-state index contributed by atoms with van der Waals surface area (Å²) in [5.41, 5.74) is 19.4. The van der Waals surface area contributed by atoms with Crippen LogP contribution in [0.2, 0.25) is 0 Å². The molecular weight excluding hydrogens is 821 g/mol. The van der Waals surface area contributed by atoms with Crippen LogP contribution in [0, 0.1) is 5.92 Å². The zero-order chi connectivity index (χ0) is 45.2. The number of hydrogen-bond donors (Lipinski definition) is 0. The van der Waals surface area contributed by atoms with Crippen LogP contribution in [0.25, 0.3) is 66.1 Å². The van der Waals surface area contributed by atoms with Gasteiger partial charge in [0.25, 0.3) is 0 Å². The van der Waals surface area contributed by atoms with Gasteiger partial charge in [-0.05, 0) is 127 Å². The first-order valence-corrected chi connectivity index (χ1v) is 23.9. The van der Waals surface area contributed by atoms with Crippen LogP contribution in [0.3, 0.4) is 0 Å². The number of hydrogen-bond acceptors (Lipinski definition) is 1. The molecule has 322 valence electrons. The maximum atomic E-state index is 2.58. The van der Waals surface area contributed by atoms with Gasteiger partial charge < -0.3 is 9.47 Å². The lowest BCUT2D eigenvalue weighted by molar-refractivity contribution is 0.663. The Labute approximate surface area is 398 Å². The number of para-hydroxylation sites is 4. The molecule has 0 saturated heterocycles. The van der Waals surface area contributed by atoms with E-state index in [0.29, 0.717) is 0 Å². The normalized spacial score (nSPS) is 15.1. The molecule has 2 heteroatoms. The molecule has 0 N–H and O–H groups in total. The highest BCUT2D eigenvalue weighted by Gasteiger charge is 2.49. The first kappa shape index (κ1) is 39.9. The summed E-state index contributed by atoms with van der Waals surface area (Å²) in [6, 6.07) is 91.9. The lowest BCUT2D eigenvalue weighted by Crippen LogP contribution is -2.32. The monoisotopic (exact) mass is 868 g/mol. The predicted molar refractivity (Wildman–Crippen MR) is 286 cm³/mol. The molecule has 68 heavy (non-hydrogen) atoms. The van der Waals surface area contributed by atoms with E-state index in [1.54, 1.807) is 0 Å². The van der Waals surface area contributed by atoms with Gasteiger partial charge in [-0.3, -0.25) is 0 Å². The SMILES string of the molecule is CC1CC2=C(C=C1N(c1ccc(-c3cccc(-c4ccc5ccccc5c4)c3)cc1)c1ccccc1-n1c3ccccc3c3ccccc31)C(c1ccccc1)(c1ccccc1)c1ccccc12. The van der Waals surface area contributed by atoms with Crippen LogP contribution in [-0.2, 0) is 5.41 Å². The number of nitrogens with zero attached hydrogens (tertiary/aromatic N) is 2. The van der Waals surface area contributed by atoms with Crippen LogP contribution in [0.15, 0.2) is 266 Å². The van der Waals surface area contributed by atoms with Crippen molar-refractivity contribution in [1.29, 1.82) is 0 Å². The van der Waals surface area contributed by atoms with Crippen LogP contribution in [0.1, 0.15) is 35.6 Å². The summed E-state index contributed by atoms with van der Waals surface area (Å²) in [4.78, 5) is 2.58. The Morgan fingerprint density at radius 3 is 1.74 bits per heavy atom. The first-order chi connectivity index (χ1) is 33.6. The minimum Gasteiger partial charge on any atom is -0.312 e. The summed E-state index contributed by atoms with van der Waals surface area (Å²) in [5.74, 6) is 0.189. The molecule has 1 unspecified atom stereocenters. The maximum absolute atomic E-state index is 2.58. The average Bonchev–Trinajstić information content (AvgIpc) is 3.90. The van der Waals surface area contributed by atoms with Crippen molar-refractivity contribution in [3.05, 3.63) is 288 Å². The van der Waals surface area contributed by atoms with E-state index in [1.165, 1.54) is 93.9 Å². The second-order valence-electron chi connectivity index (χ2n) is 18.5. The Morgan fingerprint density at radius 1 is 0.456 bits per heavy atom. The van der Waals surface area contributed by atoms with Crippen molar-refractivity contribution in [3.8, 4) is 27.9 Å². The number of allylic oxidation sites excluding steroid dienone is 4. The van der Waals surface area contributed by atoms with Gasteiger partial charge in [0.1, 0.15) is 0 Å². The molecule has 0 amide bonds. The Balaban J connectivity index is 1.02. The van der Waals surface area contributed by atoms with E-state index in [9.17, 15) is 0 Å². The maximum Gasteiger partial charge on any atom is 0.0710 e. The molecule has 10 aromatic carbocycles. The van der Waals surface area contributed by atoms with E-state index in [2.05, 4.69) is 271 Å². The highest BCUT2D eigenvalue weighted by atomic mass is 15.2. The van der Waals surface area contributed by atoms with Crippen molar-refractivity contribution >= 4 is 49.5 Å². The number of aromatic nitrogens is 1. The van der Waals surface area contributed by atoms with E-state index < -0.39 is 5.41 Å². The highest BCUT2D eigenvalue weighted by molar-refractivity contribution is 6.10. The predicted octanol–water partition coefficient (Wildman–Crippen LogP) is 17.1. The quantitative estimate of drug-likeness (QED) is 0.148. The van der Waals surface area contributed by atoms with Crippen molar-refractivity contribution in [2.45, 2.75) is 18.8 Å². The van der Waals surface area contributed by atoms with Gasteiger partial charge in [-0.25, -0.2) is 0 Å². The highest BCUT2D eigenvalue weighted by Crippen LogP contribution is 2.59. The first-order valence-electron chi connectivity index (χ1n) is 23.9. The third-order valence-electron chi connectivity index (χ3n) is 14.7. The topological polar surface area (TPSA) is 8.17 Å². The van der Waals surface area contributed by atoms with Crippen molar-refractivity contribution in [2.24, 2.45) is 5.92 Å². The minimum atomic E-state index is -0.502. The average molecular weight is 869 g/mol. The summed E-state index contributed by atoms with van der Waals surface area (Å²) < 4.78 is 2.47. The smallest absolute Gasteiger partial charge is 0.0710 e. The molecule has 1 aromatic heterocycles. The van der Waals surface area contributed by atoms with Gasteiger partial charge in [0.15, 0.2) is 0 Å². The largest absolute Gasteiger partial charge is 0.312 e. The van der Waals surface area contributed by atoms with Gasteiger partial charge in [-0.1, -0.05) is 207 Å². The van der Waals surface area contributed by atoms with Crippen LogP contribution < -0.4 is 4.90 Å². The molecule has 1 atom stereocenters. The molecule has 0 saturated carbocycles. The van der Waals surface area contributed by atoms with Crippen molar-refractivity contribution in [3.63, 3.8) is 0 Å². The third-order valence-corrected chi connectivity index (χ3v) is 14.7. The molecule has 13 rings (SSSR count). The van der Waals surface area contributed by atoms with Crippen LogP contribution in [-0.4, -0.2) is 4.57 Å². The molecule has 0 radical (unpaired) electrons. The van der Waals surface area contributed by atoms with Gasteiger partial charge >= 0.3 is 0 Å². The minimum absolute atomic E-state index is 0.189. The number of anilines is 2. The van der Waals surface area contributed by atoms with Crippen LogP contribution >= 0.6 is 0 Å². The molecule has 2 nitrogen and oxygen atoms in total. The Hall–Kier alpha value is -8.46. The number of fused-ring (bicyclic) bond motifs is 6. The fraction of sp³-hybridized carbons (Fsp3) is 0.0606. The zero-order valence-electron chi connectivity index (χ0n) is 37.9. The van der Waals surface area contributed by atoms with Gasteiger partial charge in [-0.15, -0.1) is 0 Å². The van der Waals surface area contributed by atoms with E-state index >= 15 is 0 Å². The van der Waals surface area contributed by atoms with Gasteiger partial charge in [0.2, 0.25) is 0 Å². The molecule has 0 aliphatic heterocycles. The lowest BCUT2D eigenvalue weighted by Gasteiger charge is -2.39. The molecule has 2 aliphatic carbocycles. The zero-order valence-corrected chi connectivity index (χ0v) is 37.9. The van der Waals surface area contributed by atoms with Gasteiger partial charge in [0.05, 0.1) is 27.8 Å². The van der Waals surface area contributed by atoms with Gasteiger partial charge in [-0.2, -0.15) is 0 Å². The molecule has 0 spiro atoms. The fourth-order valence-electron chi connectivity index (χ4n) is 11.7. The van der Waals surface area contributed by atoms with Gasteiger partial charge in [0, 0.05) is 28.1 Å². The Kier molecular flexibility index (Phi) is 9.47. The van der Waals surface area contributed by atoms with E-state index in [-0.39, 0.29) is 5.92 Å². The lowest BCUT2D eigenvalue weighted by atomic mass is 9.66. The summed E-state index contributed by atoms with van der Waals surface area (Å²) >= 11 is 0. The van der Waals surface area contributed by atoms with Crippen LogP contribution in [0.4, 0.5) is 11.4 Å². The van der Waals surface area contributed by atoms with E-state index in [4.69, 9.17) is 0 Å². The summed E-state index contributed by atoms with van der Waals surface area (Å²) in [6.07, 6.45) is 3.49. The number of rotatable bonds is 8. The van der Waals surface area contributed by atoms with Crippen molar-refractivity contribution in [2.75, 3.05) is 4.90 Å². The summed E-state index contributed by atoms with van der Waals surface area (Å²) in [5, 5.41) is 5.00. The fourth-order valence-corrected chi connectivity index (χ4v) is 11.7. The summed E-state index contributed by atoms with van der Waals surface area (Å²) in [7, 11) is 0. The van der Waals surface area contributed by atoms with Crippen molar-refractivity contribution < 1.29 is 0 Å². The third kappa shape index (κ3) is 6.25. The molecule has 0 bridgehead atoms. The molecule has 2 aliphatic rings. The second-order valence-corrected chi connectivity index (χ2v) is 18.5. The molecule has 0 fully saturated rings. The molecule has 1 heterocycles. The van der Waals surface area contributed by atoms with E-state index in [1.807, 2.05) is 0 Å². The molecule has 11 aromatic rings. The van der Waals surface area contributed by atoms with Crippen molar-refractivity contribution in [1.82, 2.24) is 4.57 Å². The standard InChI is InChI=1S/C66H48N2/c1-45-41-58-55-27-10-13-30-59(55)66(52-23-4-2-5-24-52,53-25-6-3-7-26-53)60(58)44-65(45)67(63-33-16-17-34-64(63)68-61-31-14-11-28-56(61)57-29-12-15-32-62(57)68)54-39-37-47(38-40-54)49-21-18-22-50(42-49)51-36-35-46-19-8-9-20-48(46)43-51/h2-40,42-45H,41H2,1H3. The van der Waals surface area contributed by atoms with Crippen LogP contribution in [0.5, 0.6) is 0 Å². The summed E-state index contributed by atoms with van der Waals surface area (Å²) in [6.45, 7) is 2.42. The Bertz CT molecular complexity index is 3690.